The van der Waals surface area contributed by atoms with Crippen LogP contribution in [0.5, 0.6) is 0 Å². The first-order valence-corrected chi connectivity index (χ1v) is 7.25. The molecule has 1 amide bonds. The van der Waals surface area contributed by atoms with Gasteiger partial charge in [0.25, 0.3) is 0 Å². The molecule has 0 N–H and O–H groups in total. The Bertz CT molecular complexity index is 819. The summed E-state index contributed by atoms with van der Waals surface area (Å²) in [5, 5.41) is 1.17. The molecule has 2 heterocycles. The van der Waals surface area contributed by atoms with E-state index in [1.165, 1.54) is 10.9 Å². The molecule has 104 valence electrons. The van der Waals surface area contributed by atoms with Gasteiger partial charge in [0.15, 0.2) is 0 Å². The molecule has 0 saturated carbocycles. The monoisotopic (exact) mass is 276 g/mol. The van der Waals surface area contributed by atoms with Crippen molar-refractivity contribution in [3.63, 3.8) is 0 Å². The molecule has 0 aliphatic carbocycles. The van der Waals surface area contributed by atoms with E-state index in [4.69, 9.17) is 0 Å². The third-order valence-electron chi connectivity index (χ3n) is 4.17. The number of para-hydroxylation sites is 2. The highest BCUT2D eigenvalue weighted by atomic mass is 16.2. The summed E-state index contributed by atoms with van der Waals surface area (Å²) in [5.41, 5.74) is 3.44. The van der Waals surface area contributed by atoms with Crippen molar-refractivity contribution >= 4 is 22.5 Å². The van der Waals surface area contributed by atoms with Crippen molar-refractivity contribution in [1.82, 2.24) is 4.57 Å². The lowest BCUT2D eigenvalue weighted by atomic mass is 10.2. The maximum absolute atomic E-state index is 12.6. The molecule has 3 heteroatoms. The average molecular weight is 276 g/mol. The summed E-state index contributed by atoms with van der Waals surface area (Å²) < 4.78 is 2.03. The fourth-order valence-electron chi connectivity index (χ4n) is 3.11. The van der Waals surface area contributed by atoms with Crippen LogP contribution in [0.4, 0.5) is 5.69 Å². The van der Waals surface area contributed by atoms with Gasteiger partial charge in [-0.25, -0.2) is 0 Å². The van der Waals surface area contributed by atoms with Gasteiger partial charge in [0, 0.05) is 23.9 Å². The SMILES string of the molecule is O=C(Cn1ccc2ccccc21)N1CCc2ccccc21. The molecular formula is C18H16N2O. The molecule has 0 unspecified atom stereocenters. The van der Waals surface area contributed by atoms with Crippen LogP contribution in [0.2, 0.25) is 0 Å². The molecule has 2 aromatic carbocycles. The van der Waals surface area contributed by atoms with Crippen LogP contribution in [0.3, 0.4) is 0 Å². The van der Waals surface area contributed by atoms with Crippen LogP contribution < -0.4 is 4.90 Å². The Morgan fingerprint density at radius 2 is 1.81 bits per heavy atom. The molecule has 0 fully saturated rings. The molecular weight excluding hydrogens is 260 g/mol. The van der Waals surface area contributed by atoms with Crippen LogP contribution in [-0.4, -0.2) is 17.0 Å². The fourth-order valence-corrected chi connectivity index (χ4v) is 3.11. The lowest BCUT2D eigenvalue weighted by Gasteiger charge is -2.18. The minimum absolute atomic E-state index is 0.154. The van der Waals surface area contributed by atoms with Crippen LogP contribution in [0.15, 0.2) is 60.8 Å². The molecule has 21 heavy (non-hydrogen) atoms. The zero-order valence-corrected chi connectivity index (χ0v) is 11.7. The standard InChI is InChI=1S/C18H16N2O/c21-18(20-12-10-15-6-2-4-8-17(15)20)13-19-11-9-14-5-1-3-7-16(14)19/h1-9,11H,10,12-13H2. The van der Waals surface area contributed by atoms with Gasteiger partial charge in [0.05, 0.1) is 0 Å². The normalized spacial score (nSPS) is 13.6. The summed E-state index contributed by atoms with van der Waals surface area (Å²) >= 11 is 0. The molecule has 0 radical (unpaired) electrons. The molecule has 0 bridgehead atoms. The summed E-state index contributed by atoms with van der Waals surface area (Å²) in [5.74, 6) is 0.154. The highest BCUT2D eigenvalue weighted by Gasteiger charge is 2.24. The van der Waals surface area contributed by atoms with Gasteiger partial charge in [0.2, 0.25) is 5.91 Å². The van der Waals surface area contributed by atoms with E-state index in [0.29, 0.717) is 6.54 Å². The highest BCUT2D eigenvalue weighted by molar-refractivity contribution is 5.96. The highest BCUT2D eigenvalue weighted by Crippen LogP contribution is 2.28. The predicted molar refractivity (Wildman–Crippen MR) is 84.4 cm³/mol. The van der Waals surface area contributed by atoms with E-state index in [-0.39, 0.29) is 5.91 Å². The van der Waals surface area contributed by atoms with Gasteiger partial charge in [0.1, 0.15) is 6.54 Å². The van der Waals surface area contributed by atoms with Gasteiger partial charge in [-0.1, -0.05) is 36.4 Å². The number of nitrogens with zero attached hydrogens (tertiary/aromatic N) is 2. The molecule has 0 atom stereocenters. The van der Waals surface area contributed by atoms with Gasteiger partial charge in [-0.05, 0) is 35.6 Å². The first kappa shape index (κ1) is 12.2. The Morgan fingerprint density at radius 3 is 2.76 bits per heavy atom. The zero-order chi connectivity index (χ0) is 14.2. The van der Waals surface area contributed by atoms with E-state index < -0.39 is 0 Å². The van der Waals surface area contributed by atoms with Crippen LogP contribution in [0, 0.1) is 0 Å². The lowest BCUT2D eigenvalue weighted by molar-refractivity contribution is -0.119. The molecule has 1 aromatic heterocycles. The van der Waals surface area contributed by atoms with Gasteiger partial charge in [-0.2, -0.15) is 0 Å². The van der Waals surface area contributed by atoms with Gasteiger partial charge >= 0.3 is 0 Å². The van der Waals surface area contributed by atoms with Crippen LogP contribution >= 0.6 is 0 Å². The third kappa shape index (κ3) is 2.02. The number of anilines is 1. The Kier molecular flexibility index (Phi) is 2.78. The van der Waals surface area contributed by atoms with Gasteiger partial charge in [-0.15, -0.1) is 0 Å². The van der Waals surface area contributed by atoms with Crippen molar-refractivity contribution in [2.24, 2.45) is 0 Å². The first-order valence-electron chi connectivity index (χ1n) is 7.25. The van der Waals surface area contributed by atoms with Crippen molar-refractivity contribution in [2.75, 3.05) is 11.4 Å². The number of fused-ring (bicyclic) bond motifs is 2. The fraction of sp³-hybridized carbons (Fsp3) is 0.167. The van der Waals surface area contributed by atoms with Gasteiger partial charge in [-0.3, -0.25) is 4.79 Å². The molecule has 3 nitrogen and oxygen atoms in total. The predicted octanol–water partition coefficient (Wildman–Crippen LogP) is 3.23. The smallest absolute Gasteiger partial charge is 0.246 e. The number of benzene rings is 2. The van der Waals surface area contributed by atoms with E-state index in [9.17, 15) is 4.79 Å². The third-order valence-corrected chi connectivity index (χ3v) is 4.17. The molecule has 0 spiro atoms. The topological polar surface area (TPSA) is 25.2 Å². The second kappa shape index (κ2) is 4.77. The van der Waals surface area contributed by atoms with Gasteiger partial charge < -0.3 is 9.47 Å². The average Bonchev–Trinajstić information content (AvgIpc) is 3.12. The Hall–Kier alpha value is -2.55. The quantitative estimate of drug-likeness (QED) is 0.705. The van der Waals surface area contributed by atoms with E-state index in [1.54, 1.807) is 0 Å². The Morgan fingerprint density at radius 1 is 1.00 bits per heavy atom. The molecule has 4 rings (SSSR count). The molecule has 1 aliphatic heterocycles. The summed E-state index contributed by atoms with van der Waals surface area (Å²) in [6, 6.07) is 18.4. The summed E-state index contributed by atoms with van der Waals surface area (Å²) in [4.78, 5) is 14.5. The van der Waals surface area contributed by atoms with Crippen molar-refractivity contribution < 1.29 is 4.79 Å². The second-order valence-electron chi connectivity index (χ2n) is 5.43. The number of carbonyl (C=O) groups is 1. The number of amides is 1. The molecule has 1 aliphatic rings. The van der Waals surface area contributed by atoms with E-state index in [2.05, 4.69) is 24.3 Å². The number of carbonyl (C=O) groups excluding carboxylic acids is 1. The summed E-state index contributed by atoms with van der Waals surface area (Å²) in [6.07, 6.45) is 2.94. The van der Waals surface area contributed by atoms with E-state index in [1.807, 2.05) is 46.0 Å². The Labute approximate surface area is 123 Å². The number of aromatic nitrogens is 1. The minimum atomic E-state index is 0.154. The lowest BCUT2D eigenvalue weighted by Crippen LogP contribution is -2.32. The number of hydrogen-bond acceptors (Lipinski definition) is 1. The van der Waals surface area contributed by atoms with Crippen molar-refractivity contribution in [2.45, 2.75) is 13.0 Å². The summed E-state index contributed by atoms with van der Waals surface area (Å²) in [6.45, 7) is 1.18. The van der Waals surface area contributed by atoms with Crippen molar-refractivity contribution in [3.05, 3.63) is 66.4 Å². The van der Waals surface area contributed by atoms with Crippen LogP contribution in [0.25, 0.3) is 10.9 Å². The maximum Gasteiger partial charge on any atom is 0.246 e. The van der Waals surface area contributed by atoms with Crippen molar-refractivity contribution in [3.8, 4) is 0 Å². The van der Waals surface area contributed by atoms with E-state index in [0.717, 1.165) is 24.2 Å². The number of hydrogen-bond donors (Lipinski definition) is 0. The second-order valence-corrected chi connectivity index (χ2v) is 5.43. The number of rotatable bonds is 2. The Balaban J connectivity index is 1.62. The van der Waals surface area contributed by atoms with Crippen molar-refractivity contribution in [1.29, 1.82) is 0 Å². The van der Waals surface area contributed by atoms with Crippen LogP contribution in [0.1, 0.15) is 5.56 Å². The minimum Gasteiger partial charge on any atom is -0.338 e. The molecule has 0 saturated heterocycles. The first-order chi connectivity index (χ1) is 10.3. The maximum atomic E-state index is 12.6. The summed E-state index contributed by atoms with van der Waals surface area (Å²) in [7, 11) is 0. The van der Waals surface area contributed by atoms with E-state index >= 15 is 0 Å². The molecule has 3 aromatic rings. The van der Waals surface area contributed by atoms with Crippen LogP contribution in [-0.2, 0) is 17.8 Å². The zero-order valence-electron chi connectivity index (χ0n) is 11.7. The largest absolute Gasteiger partial charge is 0.338 e.